The fourth-order valence-corrected chi connectivity index (χ4v) is 3.20. The summed E-state index contributed by atoms with van der Waals surface area (Å²) >= 11 is 5.79. The molecule has 2 rings (SSSR count). The van der Waals surface area contributed by atoms with Crippen LogP contribution in [0.2, 0.25) is 5.02 Å². The van der Waals surface area contributed by atoms with E-state index in [-0.39, 0.29) is 23.1 Å². The lowest BCUT2D eigenvalue weighted by Gasteiger charge is -2.57. The molecule has 23 heavy (non-hydrogen) atoms. The highest BCUT2D eigenvalue weighted by Crippen LogP contribution is 2.50. The second-order valence-corrected chi connectivity index (χ2v) is 7.12. The van der Waals surface area contributed by atoms with Gasteiger partial charge in [-0.05, 0) is 31.5 Å². The Labute approximate surface area is 141 Å². The molecule has 0 aromatic heterocycles. The van der Waals surface area contributed by atoms with E-state index in [1.165, 1.54) is 12.1 Å². The molecule has 3 atom stereocenters. The highest BCUT2D eigenvalue weighted by atomic mass is 35.5. The molecule has 3 unspecified atom stereocenters. The Balaban J connectivity index is 2.08. The summed E-state index contributed by atoms with van der Waals surface area (Å²) in [5, 5.41) is 2.94. The summed E-state index contributed by atoms with van der Waals surface area (Å²) in [5.74, 6) is -0.713. The zero-order chi connectivity index (χ0) is 17.4. The highest BCUT2D eigenvalue weighted by Gasteiger charge is 2.62. The van der Waals surface area contributed by atoms with E-state index in [2.05, 4.69) is 5.32 Å². The Hall–Kier alpha value is -1.17. The quantitative estimate of drug-likeness (QED) is 0.863. The minimum atomic E-state index is -0.981. The van der Waals surface area contributed by atoms with E-state index in [4.69, 9.17) is 22.1 Å². The van der Waals surface area contributed by atoms with Crippen molar-refractivity contribution in [3.63, 3.8) is 0 Å². The summed E-state index contributed by atoms with van der Waals surface area (Å²) in [7, 11) is 0. The number of nitrogens with two attached hydrogens (primary N) is 1. The minimum Gasteiger partial charge on any atom is -0.378 e. The van der Waals surface area contributed by atoms with Crippen LogP contribution in [-0.2, 0) is 9.53 Å². The predicted octanol–water partition coefficient (Wildman–Crippen LogP) is 3.19. The summed E-state index contributed by atoms with van der Waals surface area (Å²) in [6.07, 6.45) is 0.454. The Morgan fingerprint density at radius 2 is 2.22 bits per heavy atom. The van der Waals surface area contributed by atoms with E-state index >= 15 is 0 Å². The number of rotatable bonds is 5. The molecule has 128 valence electrons. The number of benzene rings is 1. The molecule has 0 spiro atoms. The van der Waals surface area contributed by atoms with Gasteiger partial charge < -0.3 is 15.8 Å². The van der Waals surface area contributed by atoms with Crippen molar-refractivity contribution in [3.05, 3.63) is 34.6 Å². The third-order valence-corrected chi connectivity index (χ3v) is 5.32. The molecule has 0 heterocycles. The Bertz CT molecular complexity index is 608. The Morgan fingerprint density at radius 3 is 2.74 bits per heavy atom. The molecule has 3 N–H and O–H groups in total. The fraction of sp³-hybridized carbons (Fsp3) is 0.588. The summed E-state index contributed by atoms with van der Waals surface area (Å²) in [6.45, 7) is 8.21. The predicted molar refractivity (Wildman–Crippen MR) is 88.7 cm³/mol. The normalized spacial score (nSPS) is 27.2. The zero-order valence-electron chi connectivity index (χ0n) is 14.0. The van der Waals surface area contributed by atoms with Crippen molar-refractivity contribution >= 4 is 17.5 Å². The number of hydrogen-bond acceptors (Lipinski definition) is 3. The Morgan fingerprint density at radius 1 is 1.57 bits per heavy atom. The van der Waals surface area contributed by atoms with Crippen molar-refractivity contribution in [2.45, 2.75) is 51.8 Å². The lowest BCUT2D eigenvalue weighted by atomic mass is 9.54. The smallest absolute Gasteiger partial charge is 0.241 e. The van der Waals surface area contributed by atoms with Gasteiger partial charge in [-0.25, -0.2) is 4.39 Å². The van der Waals surface area contributed by atoms with Crippen LogP contribution in [0.3, 0.4) is 0 Å². The van der Waals surface area contributed by atoms with Crippen molar-refractivity contribution in [1.82, 2.24) is 5.32 Å². The van der Waals surface area contributed by atoms with E-state index in [9.17, 15) is 9.18 Å². The van der Waals surface area contributed by atoms with Crippen LogP contribution in [0.25, 0.3) is 0 Å². The summed E-state index contributed by atoms with van der Waals surface area (Å²) in [6, 6.07) is 4.09. The zero-order valence-corrected chi connectivity index (χ0v) is 14.7. The topological polar surface area (TPSA) is 64.3 Å². The molecule has 1 aromatic rings. The third kappa shape index (κ3) is 3.10. The van der Waals surface area contributed by atoms with Crippen molar-refractivity contribution in [1.29, 1.82) is 0 Å². The number of carbonyl (C=O) groups is 1. The second-order valence-electron chi connectivity index (χ2n) is 6.71. The molecule has 1 aliphatic rings. The first-order valence-electron chi connectivity index (χ1n) is 7.80. The van der Waals surface area contributed by atoms with Crippen LogP contribution in [0.1, 0.15) is 45.7 Å². The maximum Gasteiger partial charge on any atom is 0.241 e. The van der Waals surface area contributed by atoms with Crippen LogP contribution >= 0.6 is 11.6 Å². The monoisotopic (exact) mass is 342 g/mol. The molecule has 1 aromatic carbocycles. The maximum absolute atomic E-state index is 13.2. The number of ether oxygens (including phenoxy) is 1. The molecule has 0 aliphatic heterocycles. The van der Waals surface area contributed by atoms with Crippen LogP contribution < -0.4 is 11.1 Å². The molecule has 1 amide bonds. The van der Waals surface area contributed by atoms with Gasteiger partial charge in [0.05, 0.1) is 17.2 Å². The molecule has 1 fully saturated rings. The van der Waals surface area contributed by atoms with Gasteiger partial charge in [-0.1, -0.05) is 31.5 Å². The van der Waals surface area contributed by atoms with E-state index in [1.54, 1.807) is 6.07 Å². The summed E-state index contributed by atoms with van der Waals surface area (Å²) in [5.41, 5.74) is 5.64. The first-order valence-corrected chi connectivity index (χ1v) is 8.17. The van der Waals surface area contributed by atoms with Crippen LogP contribution in [0.5, 0.6) is 0 Å². The average Bonchev–Trinajstić information content (AvgIpc) is 2.49. The van der Waals surface area contributed by atoms with Crippen molar-refractivity contribution < 1.29 is 13.9 Å². The molecule has 1 aliphatic carbocycles. The van der Waals surface area contributed by atoms with Crippen LogP contribution in [0.15, 0.2) is 18.2 Å². The van der Waals surface area contributed by atoms with Crippen LogP contribution in [-0.4, -0.2) is 24.2 Å². The summed E-state index contributed by atoms with van der Waals surface area (Å²) in [4.78, 5) is 12.6. The van der Waals surface area contributed by atoms with E-state index in [0.717, 1.165) is 5.56 Å². The maximum atomic E-state index is 13.2. The second kappa shape index (κ2) is 6.38. The average molecular weight is 343 g/mol. The molecule has 1 saturated carbocycles. The number of hydrogen-bond donors (Lipinski definition) is 2. The fourth-order valence-electron chi connectivity index (χ4n) is 3.01. The molecular formula is C17H24ClFN2O2. The van der Waals surface area contributed by atoms with Gasteiger partial charge in [0.15, 0.2) is 0 Å². The number of amides is 1. The Kier molecular flexibility index (Phi) is 5.04. The molecular weight excluding hydrogens is 319 g/mol. The standard InChI is InChI=1S/C17H24ClFN2O2/c1-5-23-14-9-17(20,16(14,3)4)15(22)21-10(2)11-6-7-13(19)12(18)8-11/h6-8,10,14H,5,9,20H2,1-4H3,(H,21,22). The molecule has 0 saturated heterocycles. The molecule has 4 nitrogen and oxygen atoms in total. The van der Waals surface area contributed by atoms with Gasteiger partial charge in [0, 0.05) is 18.4 Å². The first kappa shape index (κ1) is 18.2. The lowest BCUT2D eigenvalue weighted by molar-refractivity contribution is -0.171. The number of halogens is 2. The number of nitrogens with one attached hydrogen (secondary N) is 1. The van der Waals surface area contributed by atoms with Gasteiger partial charge in [0.1, 0.15) is 11.4 Å². The number of carbonyl (C=O) groups excluding carboxylic acids is 1. The third-order valence-electron chi connectivity index (χ3n) is 5.03. The highest BCUT2D eigenvalue weighted by molar-refractivity contribution is 6.30. The van der Waals surface area contributed by atoms with E-state index in [1.807, 2.05) is 27.7 Å². The van der Waals surface area contributed by atoms with Gasteiger partial charge in [-0.2, -0.15) is 0 Å². The van der Waals surface area contributed by atoms with Gasteiger partial charge in [-0.3, -0.25) is 4.79 Å². The lowest BCUT2D eigenvalue weighted by Crippen LogP contribution is -2.75. The van der Waals surface area contributed by atoms with Crippen molar-refractivity contribution in [2.24, 2.45) is 11.1 Å². The van der Waals surface area contributed by atoms with Crippen LogP contribution in [0.4, 0.5) is 4.39 Å². The molecule has 6 heteroatoms. The largest absolute Gasteiger partial charge is 0.378 e. The van der Waals surface area contributed by atoms with Gasteiger partial charge in [0.2, 0.25) is 5.91 Å². The van der Waals surface area contributed by atoms with Gasteiger partial charge in [0.25, 0.3) is 0 Å². The molecule has 0 radical (unpaired) electrons. The van der Waals surface area contributed by atoms with Crippen molar-refractivity contribution in [2.75, 3.05) is 6.61 Å². The van der Waals surface area contributed by atoms with E-state index in [0.29, 0.717) is 13.0 Å². The van der Waals surface area contributed by atoms with E-state index < -0.39 is 16.8 Å². The van der Waals surface area contributed by atoms with Gasteiger partial charge >= 0.3 is 0 Å². The van der Waals surface area contributed by atoms with Crippen molar-refractivity contribution in [3.8, 4) is 0 Å². The SMILES string of the molecule is CCOC1CC(N)(C(=O)NC(C)c2ccc(F)c(Cl)c2)C1(C)C. The van der Waals surface area contributed by atoms with Gasteiger partial charge in [-0.15, -0.1) is 0 Å². The minimum absolute atomic E-state index is 0.0289. The molecule has 0 bridgehead atoms. The van der Waals surface area contributed by atoms with Crippen LogP contribution in [0, 0.1) is 11.2 Å². The first-order chi connectivity index (χ1) is 10.6. The summed E-state index contributed by atoms with van der Waals surface area (Å²) < 4.78 is 18.9.